The topological polar surface area (TPSA) is 78.1 Å². The van der Waals surface area contributed by atoms with E-state index in [4.69, 9.17) is 17.2 Å². The first-order valence-electron chi connectivity index (χ1n) is 10.5. The summed E-state index contributed by atoms with van der Waals surface area (Å²) in [6.07, 6.45) is 22.9. The molecule has 0 aromatic rings. The number of nitrogens with two attached hydrogens (primary N) is 3. The van der Waals surface area contributed by atoms with Crippen molar-refractivity contribution in [3.8, 4) is 0 Å². The monoisotopic (exact) mass is 327 g/mol. The fraction of sp³-hybridized carbons (Fsp3) is 1.00. The van der Waals surface area contributed by atoms with E-state index in [9.17, 15) is 0 Å². The molecule has 0 amide bonds. The molecule has 0 aromatic carbocycles. The molecule has 0 aliphatic heterocycles. The van der Waals surface area contributed by atoms with E-state index in [0.29, 0.717) is 6.04 Å². The van der Waals surface area contributed by atoms with E-state index in [2.05, 4.69) is 0 Å². The van der Waals surface area contributed by atoms with Gasteiger partial charge in [-0.1, -0.05) is 83.5 Å². The molecule has 0 heterocycles. The second kappa shape index (κ2) is 19.9. The van der Waals surface area contributed by atoms with Crippen molar-refractivity contribution in [1.29, 1.82) is 0 Å². The standard InChI is InChI=1S/C12H25N.C8H20N2/c13-12-10-8-6-4-2-1-3-5-7-9-11-12;9-7-5-3-1-2-4-6-8-10/h12H,1-11,13H2;1-10H2. The van der Waals surface area contributed by atoms with Gasteiger partial charge in [0, 0.05) is 6.04 Å². The van der Waals surface area contributed by atoms with E-state index in [0.717, 1.165) is 13.1 Å². The second-order valence-electron chi connectivity index (χ2n) is 7.22. The van der Waals surface area contributed by atoms with Gasteiger partial charge in [-0.15, -0.1) is 0 Å². The van der Waals surface area contributed by atoms with Crippen LogP contribution >= 0.6 is 0 Å². The Balaban J connectivity index is 0.000000438. The first-order valence-corrected chi connectivity index (χ1v) is 10.5. The molecule has 1 aliphatic rings. The maximum absolute atomic E-state index is 6.01. The largest absolute Gasteiger partial charge is 0.330 e. The van der Waals surface area contributed by atoms with Crippen molar-refractivity contribution in [3.05, 3.63) is 0 Å². The van der Waals surface area contributed by atoms with E-state index in [1.165, 1.54) is 109 Å². The predicted molar refractivity (Wildman–Crippen MR) is 105 cm³/mol. The zero-order valence-corrected chi connectivity index (χ0v) is 15.7. The van der Waals surface area contributed by atoms with Gasteiger partial charge >= 0.3 is 0 Å². The molecule has 1 aliphatic carbocycles. The van der Waals surface area contributed by atoms with Crippen LogP contribution in [0.2, 0.25) is 0 Å². The third kappa shape index (κ3) is 19.8. The highest BCUT2D eigenvalue weighted by Crippen LogP contribution is 2.15. The Hall–Kier alpha value is -0.120. The van der Waals surface area contributed by atoms with E-state index in [1.54, 1.807) is 0 Å². The summed E-state index contributed by atoms with van der Waals surface area (Å²) in [6.45, 7) is 1.69. The van der Waals surface area contributed by atoms with Crippen LogP contribution in [0.4, 0.5) is 0 Å². The molecule has 1 saturated carbocycles. The zero-order valence-electron chi connectivity index (χ0n) is 15.7. The third-order valence-corrected chi connectivity index (χ3v) is 4.81. The third-order valence-electron chi connectivity index (χ3n) is 4.81. The molecule has 0 unspecified atom stereocenters. The summed E-state index contributed by atoms with van der Waals surface area (Å²) in [5.41, 5.74) is 16.7. The van der Waals surface area contributed by atoms with Gasteiger partial charge < -0.3 is 17.2 Å². The molecular weight excluding hydrogens is 282 g/mol. The minimum atomic E-state index is 0.499. The average molecular weight is 328 g/mol. The molecule has 0 radical (unpaired) electrons. The molecule has 3 heteroatoms. The second-order valence-corrected chi connectivity index (χ2v) is 7.22. The molecular formula is C20H45N3. The molecule has 1 rings (SSSR count). The Morgan fingerprint density at radius 3 is 1.13 bits per heavy atom. The van der Waals surface area contributed by atoms with E-state index < -0.39 is 0 Å². The predicted octanol–water partition coefficient (Wildman–Crippen LogP) is 4.86. The van der Waals surface area contributed by atoms with E-state index in [1.807, 2.05) is 0 Å². The fourth-order valence-corrected chi connectivity index (χ4v) is 3.19. The molecule has 23 heavy (non-hydrogen) atoms. The van der Waals surface area contributed by atoms with Crippen LogP contribution in [0.25, 0.3) is 0 Å². The summed E-state index contributed by atoms with van der Waals surface area (Å²) in [5.74, 6) is 0. The molecule has 0 atom stereocenters. The van der Waals surface area contributed by atoms with Gasteiger partial charge in [0.2, 0.25) is 0 Å². The zero-order chi connectivity index (χ0) is 17.0. The molecule has 140 valence electrons. The van der Waals surface area contributed by atoms with E-state index >= 15 is 0 Å². The minimum absolute atomic E-state index is 0.499. The normalized spacial score (nSPS) is 18.4. The summed E-state index contributed by atoms with van der Waals surface area (Å²) in [5, 5.41) is 0. The van der Waals surface area contributed by atoms with Crippen molar-refractivity contribution in [2.24, 2.45) is 17.2 Å². The molecule has 0 bridgehead atoms. The number of rotatable bonds is 7. The molecule has 0 saturated heterocycles. The highest BCUT2D eigenvalue weighted by molar-refractivity contribution is 4.62. The highest BCUT2D eigenvalue weighted by Gasteiger charge is 2.03. The van der Waals surface area contributed by atoms with E-state index in [-0.39, 0.29) is 0 Å². The maximum atomic E-state index is 6.01. The van der Waals surface area contributed by atoms with Crippen LogP contribution in [-0.2, 0) is 0 Å². The van der Waals surface area contributed by atoms with Crippen LogP contribution in [0.15, 0.2) is 0 Å². The van der Waals surface area contributed by atoms with Gasteiger partial charge in [0.1, 0.15) is 0 Å². The first kappa shape index (κ1) is 22.9. The smallest absolute Gasteiger partial charge is 0.00388 e. The first-order chi connectivity index (χ1) is 11.3. The Labute approximate surface area is 146 Å². The summed E-state index contributed by atoms with van der Waals surface area (Å²) < 4.78 is 0. The molecule has 3 nitrogen and oxygen atoms in total. The van der Waals surface area contributed by atoms with Crippen molar-refractivity contribution >= 4 is 0 Å². The van der Waals surface area contributed by atoms with Gasteiger partial charge in [-0.25, -0.2) is 0 Å². The quantitative estimate of drug-likeness (QED) is 0.584. The summed E-state index contributed by atoms with van der Waals surface area (Å²) in [7, 11) is 0. The highest BCUT2D eigenvalue weighted by atomic mass is 14.6. The number of unbranched alkanes of at least 4 members (excludes halogenated alkanes) is 5. The Kier molecular flexibility index (Phi) is 19.8. The minimum Gasteiger partial charge on any atom is -0.330 e. The summed E-state index contributed by atoms with van der Waals surface area (Å²) in [4.78, 5) is 0. The lowest BCUT2D eigenvalue weighted by Gasteiger charge is -2.12. The fourth-order valence-electron chi connectivity index (χ4n) is 3.19. The van der Waals surface area contributed by atoms with Gasteiger partial charge in [-0.3, -0.25) is 0 Å². The van der Waals surface area contributed by atoms with Gasteiger partial charge in [-0.05, 0) is 38.8 Å². The Morgan fingerprint density at radius 1 is 0.478 bits per heavy atom. The molecule has 0 spiro atoms. The number of hydrogen-bond donors (Lipinski definition) is 3. The van der Waals surface area contributed by atoms with Crippen LogP contribution in [0.1, 0.15) is 109 Å². The van der Waals surface area contributed by atoms with Crippen molar-refractivity contribution in [1.82, 2.24) is 0 Å². The van der Waals surface area contributed by atoms with Crippen LogP contribution in [-0.4, -0.2) is 19.1 Å². The van der Waals surface area contributed by atoms with Gasteiger partial charge in [-0.2, -0.15) is 0 Å². The molecule has 0 aromatic heterocycles. The SMILES string of the molecule is NC1CCCCCCCCCCC1.NCCCCCCCCN. The van der Waals surface area contributed by atoms with Gasteiger partial charge in [0.05, 0.1) is 0 Å². The average Bonchev–Trinajstić information content (AvgIpc) is 2.55. The Bertz CT molecular complexity index is 189. The summed E-state index contributed by atoms with van der Waals surface area (Å²) in [6, 6.07) is 0.499. The lowest BCUT2D eigenvalue weighted by Crippen LogP contribution is -2.19. The number of hydrogen-bond acceptors (Lipinski definition) is 3. The van der Waals surface area contributed by atoms with Crippen molar-refractivity contribution < 1.29 is 0 Å². The lowest BCUT2D eigenvalue weighted by molar-refractivity contribution is 0.465. The molecule has 1 fully saturated rings. The lowest BCUT2D eigenvalue weighted by atomic mass is 9.99. The molecule has 6 N–H and O–H groups in total. The van der Waals surface area contributed by atoms with Crippen molar-refractivity contribution in [2.75, 3.05) is 13.1 Å². The van der Waals surface area contributed by atoms with Crippen LogP contribution in [0.5, 0.6) is 0 Å². The van der Waals surface area contributed by atoms with Gasteiger partial charge in [0.15, 0.2) is 0 Å². The summed E-state index contributed by atoms with van der Waals surface area (Å²) >= 11 is 0. The van der Waals surface area contributed by atoms with Crippen LogP contribution < -0.4 is 17.2 Å². The Morgan fingerprint density at radius 2 is 0.783 bits per heavy atom. The van der Waals surface area contributed by atoms with Crippen molar-refractivity contribution in [2.45, 2.75) is 115 Å². The van der Waals surface area contributed by atoms with Crippen LogP contribution in [0, 0.1) is 0 Å². The van der Waals surface area contributed by atoms with Crippen molar-refractivity contribution in [3.63, 3.8) is 0 Å². The maximum Gasteiger partial charge on any atom is 0.00388 e. The van der Waals surface area contributed by atoms with Crippen LogP contribution in [0.3, 0.4) is 0 Å². The van der Waals surface area contributed by atoms with Gasteiger partial charge in [0.25, 0.3) is 0 Å².